The summed E-state index contributed by atoms with van der Waals surface area (Å²) in [6.45, 7) is 4.64. The van der Waals surface area contributed by atoms with E-state index < -0.39 is 0 Å². The van der Waals surface area contributed by atoms with Gasteiger partial charge in [-0.1, -0.05) is 0 Å². The van der Waals surface area contributed by atoms with E-state index in [9.17, 15) is 4.79 Å². The van der Waals surface area contributed by atoms with Gasteiger partial charge in [-0.05, 0) is 38.5 Å². The molecule has 0 atom stereocenters. The molecule has 0 spiro atoms. The molecule has 1 aliphatic heterocycles. The first-order chi connectivity index (χ1) is 12.0. The predicted octanol–water partition coefficient (Wildman–Crippen LogP) is 1.77. The van der Waals surface area contributed by atoms with Crippen LogP contribution in [0.2, 0.25) is 0 Å². The van der Waals surface area contributed by atoms with Crippen LogP contribution in [0.1, 0.15) is 35.9 Å². The van der Waals surface area contributed by atoms with Gasteiger partial charge in [0.05, 0.1) is 0 Å². The van der Waals surface area contributed by atoms with Crippen LogP contribution >= 0.6 is 0 Å². The lowest BCUT2D eigenvalue weighted by Gasteiger charge is -2.10. The Morgan fingerprint density at radius 3 is 2.76 bits per heavy atom. The molecule has 128 valence electrons. The standard InChI is InChI=1S/C17H19N7O/c1-11-9-12(2)24-17(18-11)19-13(21-24)6-7-14-20-15(10-22(14)3)23-8-4-5-16(23)25/h6-7,9-10H,4-5,8H2,1-3H3. The lowest BCUT2D eigenvalue weighted by atomic mass is 10.4. The second kappa shape index (κ2) is 5.80. The van der Waals surface area contributed by atoms with E-state index in [1.165, 1.54) is 0 Å². The van der Waals surface area contributed by atoms with Crippen LogP contribution in [-0.4, -0.2) is 41.6 Å². The minimum Gasteiger partial charge on any atom is -0.332 e. The van der Waals surface area contributed by atoms with Gasteiger partial charge in [0.15, 0.2) is 11.6 Å². The van der Waals surface area contributed by atoms with E-state index in [1.807, 2.05) is 43.8 Å². The van der Waals surface area contributed by atoms with Gasteiger partial charge in [0.2, 0.25) is 5.91 Å². The summed E-state index contributed by atoms with van der Waals surface area (Å²) in [6.07, 6.45) is 7.01. The maximum absolute atomic E-state index is 11.9. The van der Waals surface area contributed by atoms with Crippen LogP contribution in [0.4, 0.5) is 5.82 Å². The van der Waals surface area contributed by atoms with Crippen molar-refractivity contribution in [2.45, 2.75) is 26.7 Å². The fourth-order valence-corrected chi connectivity index (χ4v) is 3.04. The molecule has 0 aromatic carbocycles. The summed E-state index contributed by atoms with van der Waals surface area (Å²) >= 11 is 0. The highest BCUT2D eigenvalue weighted by atomic mass is 16.2. The van der Waals surface area contributed by atoms with Gasteiger partial charge in [-0.2, -0.15) is 4.98 Å². The lowest BCUT2D eigenvalue weighted by molar-refractivity contribution is -0.117. The maximum atomic E-state index is 11.9. The topological polar surface area (TPSA) is 81.2 Å². The van der Waals surface area contributed by atoms with Gasteiger partial charge in [-0.25, -0.2) is 14.5 Å². The normalized spacial score (nSPS) is 15.2. The molecular weight excluding hydrogens is 318 g/mol. The number of nitrogens with zero attached hydrogens (tertiary/aromatic N) is 7. The van der Waals surface area contributed by atoms with Crippen LogP contribution < -0.4 is 4.90 Å². The summed E-state index contributed by atoms with van der Waals surface area (Å²) in [5.41, 5.74) is 1.90. The average molecular weight is 337 g/mol. The average Bonchev–Trinajstić information content (AvgIpc) is 3.24. The van der Waals surface area contributed by atoms with Crippen molar-refractivity contribution >= 4 is 29.7 Å². The van der Waals surface area contributed by atoms with Crippen molar-refractivity contribution in [3.63, 3.8) is 0 Å². The summed E-state index contributed by atoms with van der Waals surface area (Å²) in [6, 6.07) is 1.97. The first kappa shape index (κ1) is 15.5. The Morgan fingerprint density at radius 2 is 2.00 bits per heavy atom. The summed E-state index contributed by atoms with van der Waals surface area (Å²) in [5.74, 6) is 2.73. The fourth-order valence-electron chi connectivity index (χ4n) is 3.04. The van der Waals surface area contributed by atoms with Crippen LogP contribution in [-0.2, 0) is 11.8 Å². The smallest absolute Gasteiger partial charge is 0.253 e. The molecule has 0 saturated carbocycles. The first-order valence-corrected chi connectivity index (χ1v) is 8.24. The molecule has 0 bridgehead atoms. The number of hydrogen-bond donors (Lipinski definition) is 0. The highest BCUT2D eigenvalue weighted by Gasteiger charge is 2.24. The molecular formula is C17H19N7O. The Morgan fingerprint density at radius 1 is 1.16 bits per heavy atom. The monoisotopic (exact) mass is 337 g/mol. The highest BCUT2D eigenvalue weighted by molar-refractivity contribution is 5.94. The number of rotatable bonds is 3. The summed E-state index contributed by atoms with van der Waals surface area (Å²) in [5, 5.41) is 4.45. The van der Waals surface area contributed by atoms with E-state index >= 15 is 0 Å². The number of imidazole rings is 1. The van der Waals surface area contributed by atoms with Gasteiger partial charge >= 0.3 is 0 Å². The maximum Gasteiger partial charge on any atom is 0.253 e. The Labute approximate surface area is 144 Å². The molecule has 1 saturated heterocycles. The molecule has 1 aliphatic rings. The zero-order valence-corrected chi connectivity index (χ0v) is 14.5. The van der Waals surface area contributed by atoms with Gasteiger partial charge in [0.25, 0.3) is 5.78 Å². The second-order valence-corrected chi connectivity index (χ2v) is 6.27. The van der Waals surface area contributed by atoms with Crippen molar-refractivity contribution in [2.75, 3.05) is 11.4 Å². The van der Waals surface area contributed by atoms with E-state index in [0.717, 1.165) is 30.2 Å². The number of anilines is 1. The fraction of sp³-hybridized carbons (Fsp3) is 0.353. The number of carbonyl (C=O) groups is 1. The minimum atomic E-state index is 0.132. The van der Waals surface area contributed by atoms with Crippen LogP contribution in [0.15, 0.2) is 12.3 Å². The largest absolute Gasteiger partial charge is 0.332 e. The van der Waals surface area contributed by atoms with Crippen LogP contribution in [0, 0.1) is 13.8 Å². The van der Waals surface area contributed by atoms with Crippen molar-refractivity contribution in [3.05, 3.63) is 35.3 Å². The van der Waals surface area contributed by atoms with Gasteiger partial charge in [0, 0.05) is 37.6 Å². The van der Waals surface area contributed by atoms with Crippen LogP contribution in [0.5, 0.6) is 0 Å². The quantitative estimate of drug-likeness (QED) is 0.727. The highest BCUT2D eigenvalue weighted by Crippen LogP contribution is 2.21. The van der Waals surface area contributed by atoms with E-state index in [1.54, 1.807) is 15.5 Å². The van der Waals surface area contributed by atoms with Gasteiger partial charge in [-0.15, -0.1) is 5.10 Å². The Balaban J connectivity index is 1.63. The van der Waals surface area contributed by atoms with Crippen molar-refractivity contribution in [3.8, 4) is 0 Å². The molecule has 0 N–H and O–H groups in total. The third-order valence-corrected chi connectivity index (χ3v) is 4.27. The van der Waals surface area contributed by atoms with Crippen molar-refractivity contribution < 1.29 is 4.79 Å². The van der Waals surface area contributed by atoms with E-state index in [0.29, 0.717) is 23.8 Å². The van der Waals surface area contributed by atoms with Crippen molar-refractivity contribution in [1.29, 1.82) is 0 Å². The molecule has 4 rings (SSSR count). The number of hydrogen-bond acceptors (Lipinski definition) is 5. The first-order valence-electron chi connectivity index (χ1n) is 8.24. The van der Waals surface area contributed by atoms with Crippen LogP contribution in [0.25, 0.3) is 17.9 Å². The number of fused-ring (bicyclic) bond motifs is 1. The lowest BCUT2D eigenvalue weighted by Crippen LogP contribution is -2.23. The zero-order valence-electron chi connectivity index (χ0n) is 14.5. The molecule has 0 aliphatic carbocycles. The molecule has 1 fully saturated rings. The zero-order chi connectivity index (χ0) is 17.6. The molecule has 0 unspecified atom stereocenters. The molecule has 0 radical (unpaired) electrons. The third kappa shape index (κ3) is 2.79. The number of aryl methyl sites for hydroxylation is 3. The number of aromatic nitrogens is 6. The van der Waals surface area contributed by atoms with Gasteiger partial charge in [-0.3, -0.25) is 9.69 Å². The number of amides is 1. The minimum absolute atomic E-state index is 0.132. The van der Waals surface area contributed by atoms with Crippen molar-refractivity contribution in [2.24, 2.45) is 7.05 Å². The van der Waals surface area contributed by atoms with Crippen LogP contribution in [0.3, 0.4) is 0 Å². The molecule has 1 amide bonds. The molecule has 3 aromatic heterocycles. The molecule has 8 nitrogen and oxygen atoms in total. The molecule has 25 heavy (non-hydrogen) atoms. The van der Waals surface area contributed by atoms with Gasteiger partial charge < -0.3 is 4.57 Å². The summed E-state index contributed by atoms with van der Waals surface area (Å²) in [7, 11) is 1.91. The van der Waals surface area contributed by atoms with E-state index in [4.69, 9.17) is 0 Å². The Kier molecular flexibility index (Phi) is 3.60. The van der Waals surface area contributed by atoms with Gasteiger partial charge in [0.1, 0.15) is 5.82 Å². The Hall–Kier alpha value is -3.03. The summed E-state index contributed by atoms with van der Waals surface area (Å²) in [4.78, 5) is 27.0. The Bertz CT molecular complexity index is 998. The van der Waals surface area contributed by atoms with Crippen molar-refractivity contribution in [1.82, 2.24) is 29.1 Å². The second-order valence-electron chi connectivity index (χ2n) is 6.27. The molecule has 8 heteroatoms. The summed E-state index contributed by atoms with van der Waals surface area (Å²) < 4.78 is 3.61. The van der Waals surface area contributed by atoms with E-state index in [-0.39, 0.29) is 5.91 Å². The third-order valence-electron chi connectivity index (χ3n) is 4.27. The number of carbonyl (C=O) groups excluding carboxylic acids is 1. The van der Waals surface area contributed by atoms with E-state index in [2.05, 4.69) is 20.1 Å². The molecule has 4 heterocycles. The predicted molar refractivity (Wildman–Crippen MR) is 94.0 cm³/mol. The SMILES string of the molecule is Cc1cc(C)n2nc(C=Cc3nc(N4CCCC4=O)cn3C)nc2n1. The molecule has 3 aromatic rings.